The SMILES string of the molecule is Cc1nc(C)c(/C=C/C(O)C[C@@H](O)CC(=O)O)c(-c2ccc(Cl)cc2)n1. The van der Waals surface area contributed by atoms with Gasteiger partial charge in [-0.1, -0.05) is 35.9 Å². The molecule has 138 valence electrons. The van der Waals surface area contributed by atoms with E-state index >= 15 is 0 Å². The van der Waals surface area contributed by atoms with Crippen molar-refractivity contribution in [3.8, 4) is 11.3 Å². The molecule has 2 aromatic rings. The number of aliphatic carboxylic acids is 1. The Labute approximate surface area is 156 Å². The second kappa shape index (κ2) is 8.89. The first-order valence-corrected chi connectivity index (χ1v) is 8.51. The van der Waals surface area contributed by atoms with E-state index in [0.29, 0.717) is 16.5 Å². The number of carboxylic acids is 1. The molecule has 1 unspecified atom stereocenters. The minimum absolute atomic E-state index is 0.0646. The highest BCUT2D eigenvalue weighted by molar-refractivity contribution is 6.30. The van der Waals surface area contributed by atoms with E-state index < -0.39 is 24.6 Å². The quantitative estimate of drug-likeness (QED) is 0.686. The van der Waals surface area contributed by atoms with Crippen molar-refractivity contribution in [2.24, 2.45) is 0 Å². The molecule has 0 aliphatic carbocycles. The molecule has 2 atom stereocenters. The van der Waals surface area contributed by atoms with Crippen molar-refractivity contribution in [3.63, 3.8) is 0 Å². The van der Waals surface area contributed by atoms with Gasteiger partial charge in [0.15, 0.2) is 0 Å². The molecule has 0 radical (unpaired) electrons. The number of halogens is 1. The largest absolute Gasteiger partial charge is 0.481 e. The zero-order chi connectivity index (χ0) is 19.3. The van der Waals surface area contributed by atoms with Crippen molar-refractivity contribution in [2.45, 2.75) is 38.9 Å². The molecule has 0 spiro atoms. The van der Waals surface area contributed by atoms with Crippen LogP contribution < -0.4 is 0 Å². The smallest absolute Gasteiger partial charge is 0.305 e. The van der Waals surface area contributed by atoms with Gasteiger partial charge in [-0.25, -0.2) is 9.97 Å². The third-order valence-corrected chi connectivity index (χ3v) is 4.03. The molecular formula is C19H21ClN2O4. The number of carbonyl (C=O) groups is 1. The molecule has 3 N–H and O–H groups in total. The van der Waals surface area contributed by atoms with Crippen LogP contribution in [0.1, 0.15) is 29.9 Å². The normalized spacial score (nSPS) is 13.7. The van der Waals surface area contributed by atoms with Crippen molar-refractivity contribution in [1.82, 2.24) is 9.97 Å². The van der Waals surface area contributed by atoms with Gasteiger partial charge in [-0.3, -0.25) is 4.79 Å². The number of hydrogen-bond acceptors (Lipinski definition) is 5. The zero-order valence-corrected chi connectivity index (χ0v) is 15.3. The van der Waals surface area contributed by atoms with Crippen LogP contribution >= 0.6 is 11.6 Å². The number of aliphatic hydroxyl groups excluding tert-OH is 2. The molecule has 26 heavy (non-hydrogen) atoms. The summed E-state index contributed by atoms with van der Waals surface area (Å²) >= 11 is 5.94. The number of hydrogen-bond donors (Lipinski definition) is 3. The van der Waals surface area contributed by atoms with E-state index in [2.05, 4.69) is 9.97 Å². The van der Waals surface area contributed by atoms with Crippen LogP contribution in [0.2, 0.25) is 5.02 Å². The standard InChI is InChI=1S/C19H21ClN2O4/c1-11-17(8-7-15(23)9-16(24)10-18(25)26)19(22-12(2)21-11)13-3-5-14(20)6-4-13/h3-8,15-16,23-24H,9-10H2,1-2H3,(H,25,26)/b8-7+/t15?,16-/m1/s1. The van der Waals surface area contributed by atoms with E-state index in [1.165, 1.54) is 6.08 Å². The number of nitrogens with zero attached hydrogens (tertiary/aromatic N) is 2. The van der Waals surface area contributed by atoms with Gasteiger partial charge in [0.2, 0.25) is 0 Å². The van der Waals surface area contributed by atoms with E-state index in [-0.39, 0.29) is 6.42 Å². The molecule has 0 amide bonds. The second-order valence-electron chi connectivity index (χ2n) is 6.04. The summed E-state index contributed by atoms with van der Waals surface area (Å²) in [6.45, 7) is 3.65. The van der Waals surface area contributed by atoms with Gasteiger partial charge < -0.3 is 15.3 Å². The van der Waals surface area contributed by atoms with E-state index in [1.807, 2.05) is 19.1 Å². The minimum Gasteiger partial charge on any atom is -0.481 e. The molecule has 7 heteroatoms. The molecule has 0 bridgehead atoms. The molecule has 6 nitrogen and oxygen atoms in total. The summed E-state index contributed by atoms with van der Waals surface area (Å²) in [4.78, 5) is 19.4. The molecule has 1 aromatic carbocycles. The number of benzene rings is 1. The predicted molar refractivity (Wildman–Crippen MR) is 99.9 cm³/mol. The number of aromatic nitrogens is 2. The van der Waals surface area contributed by atoms with Gasteiger partial charge in [0.25, 0.3) is 0 Å². The van der Waals surface area contributed by atoms with Crippen LogP contribution in [0.4, 0.5) is 0 Å². The fraction of sp³-hybridized carbons (Fsp3) is 0.316. The fourth-order valence-electron chi connectivity index (χ4n) is 2.60. The molecule has 0 saturated carbocycles. The summed E-state index contributed by atoms with van der Waals surface area (Å²) < 4.78 is 0. The van der Waals surface area contributed by atoms with E-state index in [4.69, 9.17) is 16.7 Å². The van der Waals surface area contributed by atoms with Crippen molar-refractivity contribution in [2.75, 3.05) is 0 Å². The molecule has 0 saturated heterocycles. The number of aryl methyl sites for hydroxylation is 2. The Kier molecular flexibility index (Phi) is 6.85. The van der Waals surface area contributed by atoms with Gasteiger partial charge in [0.1, 0.15) is 5.82 Å². The number of aliphatic hydroxyl groups is 2. The van der Waals surface area contributed by atoms with Crippen LogP contribution in [0.3, 0.4) is 0 Å². The highest BCUT2D eigenvalue weighted by Gasteiger charge is 2.14. The highest BCUT2D eigenvalue weighted by Crippen LogP contribution is 2.26. The van der Waals surface area contributed by atoms with Gasteiger partial charge in [0, 0.05) is 28.3 Å². The lowest BCUT2D eigenvalue weighted by molar-refractivity contribution is -0.139. The van der Waals surface area contributed by atoms with Crippen molar-refractivity contribution < 1.29 is 20.1 Å². The summed E-state index contributed by atoms with van der Waals surface area (Å²) in [6.07, 6.45) is 0.627. The number of rotatable bonds is 7. The Morgan fingerprint density at radius 2 is 1.85 bits per heavy atom. The lowest BCUT2D eigenvalue weighted by Crippen LogP contribution is -2.19. The minimum atomic E-state index is -1.11. The monoisotopic (exact) mass is 376 g/mol. The molecule has 0 aliphatic rings. The van der Waals surface area contributed by atoms with Gasteiger partial charge in [-0.05, 0) is 26.0 Å². The summed E-state index contributed by atoms with van der Waals surface area (Å²) in [7, 11) is 0. The van der Waals surface area contributed by atoms with E-state index in [9.17, 15) is 15.0 Å². The summed E-state index contributed by atoms with van der Waals surface area (Å²) in [6, 6.07) is 7.25. The first kappa shape index (κ1) is 20.0. The topological polar surface area (TPSA) is 104 Å². The summed E-state index contributed by atoms with van der Waals surface area (Å²) in [5, 5.41) is 28.9. The Morgan fingerprint density at radius 3 is 2.46 bits per heavy atom. The van der Waals surface area contributed by atoms with Crippen molar-refractivity contribution >= 4 is 23.6 Å². The molecule has 1 aromatic heterocycles. The Balaban J connectivity index is 2.28. The Bertz CT molecular complexity index is 806. The van der Waals surface area contributed by atoms with Gasteiger partial charge >= 0.3 is 5.97 Å². The van der Waals surface area contributed by atoms with Crippen molar-refractivity contribution in [1.29, 1.82) is 0 Å². The van der Waals surface area contributed by atoms with Crippen LogP contribution in [0.15, 0.2) is 30.3 Å². The van der Waals surface area contributed by atoms with Crippen LogP contribution in [0, 0.1) is 13.8 Å². The van der Waals surface area contributed by atoms with Crippen LogP contribution in [0.25, 0.3) is 17.3 Å². The highest BCUT2D eigenvalue weighted by atomic mass is 35.5. The lowest BCUT2D eigenvalue weighted by atomic mass is 10.0. The van der Waals surface area contributed by atoms with Crippen LogP contribution in [-0.2, 0) is 4.79 Å². The fourth-order valence-corrected chi connectivity index (χ4v) is 2.72. The van der Waals surface area contributed by atoms with E-state index in [0.717, 1.165) is 16.8 Å². The Morgan fingerprint density at radius 1 is 1.19 bits per heavy atom. The molecule has 1 heterocycles. The Hall–Kier alpha value is -2.28. The van der Waals surface area contributed by atoms with Crippen molar-refractivity contribution in [3.05, 3.63) is 52.4 Å². The summed E-state index contributed by atoms with van der Waals surface area (Å²) in [5.41, 5.74) is 3.06. The predicted octanol–water partition coefficient (Wildman–Crippen LogP) is 3.01. The summed E-state index contributed by atoms with van der Waals surface area (Å²) in [5.74, 6) is -0.483. The average molecular weight is 377 g/mol. The molecular weight excluding hydrogens is 356 g/mol. The molecule has 0 aliphatic heterocycles. The maximum atomic E-state index is 10.6. The van der Waals surface area contributed by atoms with Crippen LogP contribution in [-0.4, -0.2) is 43.5 Å². The van der Waals surface area contributed by atoms with E-state index in [1.54, 1.807) is 25.1 Å². The molecule has 0 fully saturated rings. The maximum Gasteiger partial charge on any atom is 0.305 e. The average Bonchev–Trinajstić information content (AvgIpc) is 2.53. The second-order valence-corrected chi connectivity index (χ2v) is 6.48. The van der Waals surface area contributed by atoms with Gasteiger partial charge in [-0.15, -0.1) is 0 Å². The third-order valence-electron chi connectivity index (χ3n) is 3.77. The van der Waals surface area contributed by atoms with Gasteiger partial charge in [0.05, 0.1) is 24.3 Å². The maximum absolute atomic E-state index is 10.6. The third kappa shape index (κ3) is 5.62. The van der Waals surface area contributed by atoms with Crippen LogP contribution in [0.5, 0.6) is 0 Å². The first-order chi connectivity index (χ1) is 12.3. The number of carboxylic acid groups (broad SMARTS) is 1. The first-order valence-electron chi connectivity index (χ1n) is 8.13. The lowest BCUT2D eigenvalue weighted by Gasteiger charge is -2.12. The van der Waals surface area contributed by atoms with Gasteiger partial charge in [-0.2, -0.15) is 0 Å². The zero-order valence-electron chi connectivity index (χ0n) is 14.6. The molecule has 2 rings (SSSR count).